The van der Waals surface area contributed by atoms with Gasteiger partial charge in [-0.05, 0) is 6.42 Å². The zero-order valence-corrected chi connectivity index (χ0v) is 7.28. The van der Waals surface area contributed by atoms with E-state index in [9.17, 15) is 0 Å². The van der Waals surface area contributed by atoms with E-state index >= 15 is 0 Å². The van der Waals surface area contributed by atoms with E-state index in [4.69, 9.17) is 5.11 Å². The van der Waals surface area contributed by atoms with Gasteiger partial charge in [0.05, 0.1) is 6.61 Å². The van der Waals surface area contributed by atoms with Crippen LogP contribution in [0.4, 0.5) is 0 Å². The molecular weight excluding hydrogens is 124 g/mol. The summed E-state index contributed by atoms with van der Waals surface area (Å²) in [5.74, 6) is 0. The molecule has 0 rings (SSSR count). The van der Waals surface area contributed by atoms with Gasteiger partial charge in [0.15, 0.2) is 0 Å². The Labute approximate surface area is 63.8 Å². The number of hydrogen-bond acceptors (Lipinski definition) is 1. The molecule has 1 N–H and O–H groups in total. The Balaban J connectivity index is 3.91. The van der Waals surface area contributed by atoms with Gasteiger partial charge in [-0.1, -0.05) is 39.3 Å². The molecule has 0 saturated carbocycles. The molecule has 0 radical (unpaired) electrons. The van der Waals surface area contributed by atoms with Crippen molar-refractivity contribution in [3.8, 4) is 0 Å². The predicted molar refractivity (Wildman–Crippen MR) is 44.9 cm³/mol. The van der Waals surface area contributed by atoms with Crippen LogP contribution in [0.25, 0.3) is 0 Å². The molecule has 0 bridgehead atoms. The van der Waals surface area contributed by atoms with E-state index in [1.165, 1.54) is 0 Å². The molecule has 0 aliphatic rings. The molecule has 0 atom stereocenters. The first-order valence-electron chi connectivity index (χ1n) is 3.83. The summed E-state index contributed by atoms with van der Waals surface area (Å²) in [6.07, 6.45) is 2.13. The zero-order chi connectivity index (χ0) is 8.20. The molecule has 0 unspecified atom stereocenters. The van der Waals surface area contributed by atoms with Crippen molar-refractivity contribution in [1.29, 1.82) is 0 Å². The van der Waals surface area contributed by atoms with Crippen LogP contribution in [-0.2, 0) is 0 Å². The molecule has 0 fully saturated rings. The van der Waals surface area contributed by atoms with Crippen molar-refractivity contribution in [2.45, 2.75) is 33.6 Å². The van der Waals surface area contributed by atoms with Gasteiger partial charge in [0.2, 0.25) is 0 Å². The van der Waals surface area contributed by atoms with Crippen LogP contribution in [0.15, 0.2) is 12.2 Å². The Morgan fingerprint density at radius 1 is 1.50 bits per heavy atom. The molecule has 0 aromatic rings. The van der Waals surface area contributed by atoms with E-state index in [1.807, 2.05) is 13.8 Å². The molecule has 0 amide bonds. The van der Waals surface area contributed by atoms with E-state index in [-0.39, 0.29) is 12.0 Å². The van der Waals surface area contributed by atoms with Crippen molar-refractivity contribution in [2.75, 3.05) is 6.61 Å². The Morgan fingerprint density at radius 2 is 2.00 bits per heavy atom. The quantitative estimate of drug-likeness (QED) is 0.597. The lowest BCUT2D eigenvalue weighted by molar-refractivity contribution is 0.187. The highest BCUT2D eigenvalue weighted by molar-refractivity contribution is 5.06. The standard InChI is InChI=1S/C9H18O/c1-5-6-8(2)9(3,4)7-10/h10H,2,5-7H2,1,3-4H3. The van der Waals surface area contributed by atoms with Crippen molar-refractivity contribution in [3.63, 3.8) is 0 Å². The molecule has 0 spiro atoms. The third kappa shape index (κ3) is 2.53. The van der Waals surface area contributed by atoms with Crippen LogP contribution in [0.1, 0.15) is 33.6 Å². The van der Waals surface area contributed by atoms with Gasteiger partial charge in [0.25, 0.3) is 0 Å². The van der Waals surface area contributed by atoms with Crippen molar-refractivity contribution in [3.05, 3.63) is 12.2 Å². The van der Waals surface area contributed by atoms with Gasteiger partial charge in [-0.15, -0.1) is 0 Å². The topological polar surface area (TPSA) is 20.2 Å². The number of rotatable bonds is 4. The second kappa shape index (κ2) is 3.77. The molecule has 1 nitrogen and oxygen atoms in total. The number of aliphatic hydroxyl groups excluding tert-OH is 1. The highest BCUT2D eigenvalue weighted by Crippen LogP contribution is 2.26. The molecular formula is C9H18O. The zero-order valence-electron chi connectivity index (χ0n) is 7.28. The molecule has 0 aromatic carbocycles. The lowest BCUT2D eigenvalue weighted by Gasteiger charge is -2.24. The van der Waals surface area contributed by atoms with Crippen molar-refractivity contribution in [1.82, 2.24) is 0 Å². The van der Waals surface area contributed by atoms with Gasteiger partial charge in [-0.2, -0.15) is 0 Å². The minimum atomic E-state index is -0.0873. The minimum Gasteiger partial charge on any atom is -0.395 e. The third-order valence-electron chi connectivity index (χ3n) is 1.90. The minimum absolute atomic E-state index is 0.0873. The molecule has 0 aliphatic heterocycles. The van der Waals surface area contributed by atoms with E-state index in [0.717, 1.165) is 18.4 Å². The Kier molecular flexibility index (Phi) is 3.66. The van der Waals surface area contributed by atoms with E-state index < -0.39 is 0 Å². The molecule has 0 saturated heterocycles. The summed E-state index contributed by atoms with van der Waals surface area (Å²) in [6, 6.07) is 0. The first-order chi connectivity index (χ1) is 4.54. The second-order valence-corrected chi connectivity index (χ2v) is 3.40. The van der Waals surface area contributed by atoms with Crippen molar-refractivity contribution in [2.24, 2.45) is 5.41 Å². The summed E-state index contributed by atoms with van der Waals surface area (Å²) >= 11 is 0. The second-order valence-electron chi connectivity index (χ2n) is 3.40. The van der Waals surface area contributed by atoms with Crippen LogP contribution in [0.2, 0.25) is 0 Å². The normalized spacial score (nSPS) is 11.6. The van der Waals surface area contributed by atoms with Crippen LogP contribution in [0, 0.1) is 5.41 Å². The van der Waals surface area contributed by atoms with Crippen molar-refractivity contribution < 1.29 is 5.11 Å². The van der Waals surface area contributed by atoms with Gasteiger partial charge >= 0.3 is 0 Å². The number of hydrogen-bond donors (Lipinski definition) is 1. The van der Waals surface area contributed by atoms with Crippen LogP contribution in [0.3, 0.4) is 0 Å². The monoisotopic (exact) mass is 142 g/mol. The maximum absolute atomic E-state index is 8.93. The van der Waals surface area contributed by atoms with Crippen LogP contribution in [-0.4, -0.2) is 11.7 Å². The summed E-state index contributed by atoms with van der Waals surface area (Å²) in [5.41, 5.74) is 1.06. The van der Waals surface area contributed by atoms with Gasteiger partial charge in [0.1, 0.15) is 0 Å². The highest BCUT2D eigenvalue weighted by Gasteiger charge is 2.18. The Bertz CT molecular complexity index is 114. The summed E-state index contributed by atoms with van der Waals surface area (Å²) in [5, 5.41) is 8.93. The van der Waals surface area contributed by atoms with E-state index in [2.05, 4.69) is 13.5 Å². The van der Waals surface area contributed by atoms with Crippen LogP contribution in [0.5, 0.6) is 0 Å². The smallest absolute Gasteiger partial charge is 0.0519 e. The molecule has 0 heterocycles. The first-order valence-corrected chi connectivity index (χ1v) is 3.83. The largest absolute Gasteiger partial charge is 0.395 e. The maximum atomic E-state index is 8.93. The molecule has 60 valence electrons. The maximum Gasteiger partial charge on any atom is 0.0519 e. The SMILES string of the molecule is C=C(CCC)C(C)(C)CO. The molecule has 1 heteroatoms. The Hall–Kier alpha value is -0.300. The fourth-order valence-electron chi connectivity index (χ4n) is 0.752. The molecule has 0 aliphatic carbocycles. The first kappa shape index (κ1) is 9.70. The van der Waals surface area contributed by atoms with E-state index in [0.29, 0.717) is 0 Å². The average molecular weight is 142 g/mol. The summed E-state index contributed by atoms with van der Waals surface area (Å²) in [7, 11) is 0. The molecule has 10 heavy (non-hydrogen) atoms. The highest BCUT2D eigenvalue weighted by atomic mass is 16.3. The fraction of sp³-hybridized carbons (Fsp3) is 0.778. The van der Waals surface area contributed by atoms with Gasteiger partial charge in [0, 0.05) is 5.41 Å². The lowest BCUT2D eigenvalue weighted by Crippen LogP contribution is -2.18. The number of aliphatic hydroxyl groups is 1. The lowest BCUT2D eigenvalue weighted by atomic mass is 9.84. The van der Waals surface area contributed by atoms with Gasteiger partial charge in [-0.25, -0.2) is 0 Å². The van der Waals surface area contributed by atoms with Gasteiger partial charge < -0.3 is 5.11 Å². The Morgan fingerprint density at radius 3 is 2.30 bits per heavy atom. The average Bonchev–Trinajstić information content (AvgIpc) is 1.89. The summed E-state index contributed by atoms with van der Waals surface area (Å²) < 4.78 is 0. The predicted octanol–water partition coefficient (Wildman–Crippen LogP) is 2.36. The van der Waals surface area contributed by atoms with Crippen molar-refractivity contribution >= 4 is 0 Å². The summed E-state index contributed by atoms with van der Waals surface area (Å²) in [6.45, 7) is 10.3. The van der Waals surface area contributed by atoms with Crippen LogP contribution < -0.4 is 0 Å². The summed E-state index contributed by atoms with van der Waals surface area (Å²) in [4.78, 5) is 0. The fourth-order valence-corrected chi connectivity index (χ4v) is 0.752. The third-order valence-corrected chi connectivity index (χ3v) is 1.90. The van der Waals surface area contributed by atoms with Gasteiger partial charge in [-0.3, -0.25) is 0 Å². The van der Waals surface area contributed by atoms with Crippen LogP contribution >= 0.6 is 0 Å². The van der Waals surface area contributed by atoms with E-state index in [1.54, 1.807) is 0 Å². The molecule has 0 aromatic heterocycles.